The van der Waals surface area contributed by atoms with Crippen LogP contribution < -0.4 is 21.6 Å². The standard InChI is InChI=1S/C19H26N8O/c1-12(2)27-13(8-9-23-27)10-26(21)11-15(20)17-14-6-5-7-16(28-4)18(14)25-19(22-3)24-17/h5-9,11-12H,10,20-21H2,1-4H3,(H,22,24,25)/b15-11-. The fraction of sp³-hybridized carbons (Fsp3) is 0.316. The number of rotatable bonds is 7. The second kappa shape index (κ2) is 8.13. The van der Waals surface area contributed by atoms with E-state index in [1.807, 2.05) is 28.9 Å². The summed E-state index contributed by atoms with van der Waals surface area (Å²) in [7, 11) is 3.36. The molecule has 0 bridgehead atoms. The highest BCUT2D eigenvalue weighted by molar-refractivity contribution is 5.93. The molecule has 0 atom stereocenters. The Bertz CT molecular complexity index is 995. The van der Waals surface area contributed by atoms with Gasteiger partial charge in [-0.25, -0.2) is 15.8 Å². The fourth-order valence-electron chi connectivity index (χ4n) is 3.03. The molecular formula is C19H26N8O. The molecule has 2 aromatic heterocycles. The van der Waals surface area contributed by atoms with E-state index in [9.17, 15) is 0 Å². The third-order valence-electron chi connectivity index (χ3n) is 4.30. The van der Waals surface area contributed by atoms with Crippen LogP contribution in [0.25, 0.3) is 16.6 Å². The Labute approximate surface area is 164 Å². The molecule has 3 rings (SSSR count). The summed E-state index contributed by atoms with van der Waals surface area (Å²) in [6.07, 6.45) is 3.43. The largest absolute Gasteiger partial charge is 0.494 e. The first-order valence-corrected chi connectivity index (χ1v) is 8.98. The van der Waals surface area contributed by atoms with Crippen molar-refractivity contribution >= 4 is 22.5 Å². The van der Waals surface area contributed by atoms with E-state index in [2.05, 4.69) is 34.2 Å². The van der Waals surface area contributed by atoms with E-state index in [1.54, 1.807) is 26.6 Å². The number of benzene rings is 1. The molecule has 0 saturated carbocycles. The first-order valence-electron chi connectivity index (χ1n) is 8.98. The number of anilines is 1. The second-order valence-electron chi connectivity index (χ2n) is 6.62. The third-order valence-corrected chi connectivity index (χ3v) is 4.30. The van der Waals surface area contributed by atoms with E-state index in [1.165, 1.54) is 5.01 Å². The van der Waals surface area contributed by atoms with Gasteiger partial charge in [-0.15, -0.1) is 0 Å². The van der Waals surface area contributed by atoms with E-state index in [4.69, 9.17) is 16.3 Å². The highest BCUT2D eigenvalue weighted by Gasteiger charge is 2.14. The molecule has 0 aliphatic rings. The lowest BCUT2D eigenvalue weighted by molar-refractivity contribution is 0.361. The van der Waals surface area contributed by atoms with Crippen LogP contribution >= 0.6 is 0 Å². The number of methoxy groups -OCH3 is 1. The van der Waals surface area contributed by atoms with Crippen LogP contribution in [0.4, 0.5) is 5.95 Å². The van der Waals surface area contributed by atoms with Gasteiger partial charge < -0.3 is 20.8 Å². The Balaban J connectivity index is 1.97. The van der Waals surface area contributed by atoms with Crippen molar-refractivity contribution in [3.8, 4) is 5.75 Å². The number of aromatic nitrogens is 4. The van der Waals surface area contributed by atoms with E-state index in [0.29, 0.717) is 35.2 Å². The van der Waals surface area contributed by atoms with Crippen LogP contribution in [0.5, 0.6) is 5.75 Å². The Morgan fingerprint density at radius 2 is 2.11 bits per heavy atom. The summed E-state index contributed by atoms with van der Waals surface area (Å²) >= 11 is 0. The van der Waals surface area contributed by atoms with Crippen molar-refractivity contribution < 1.29 is 4.74 Å². The molecule has 148 valence electrons. The quantitative estimate of drug-likeness (QED) is 0.420. The van der Waals surface area contributed by atoms with Crippen LogP contribution in [0.3, 0.4) is 0 Å². The molecule has 28 heavy (non-hydrogen) atoms. The number of nitrogens with two attached hydrogens (primary N) is 2. The van der Waals surface area contributed by atoms with Gasteiger partial charge >= 0.3 is 0 Å². The molecule has 1 aromatic carbocycles. The van der Waals surface area contributed by atoms with E-state index < -0.39 is 0 Å². The average Bonchev–Trinajstić information content (AvgIpc) is 3.14. The second-order valence-corrected chi connectivity index (χ2v) is 6.62. The molecule has 0 amide bonds. The van der Waals surface area contributed by atoms with Gasteiger partial charge in [-0.05, 0) is 26.0 Å². The summed E-state index contributed by atoms with van der Waals surface area (Å²) in [6.45, 7) is 4.60. The fourth-order valence-corrected chi connectivity index (χ4v) is 3.03. The lowest BCUT2D eigenvalue weighted by Gasteiger charge is -2.18. The van der Waals surface area contributed by atoms with Crippen LogP contribution in [0.15, 0.2) is 36.7 Å². The Kier molecular flexibility index (Phi) is 5.65. The summed E-state index contributed by atoms with van der Waals surface area (Å²) < 4.78 is 7.35. The van der Waals surface area contributed by atoms with E-state index in [0.717, 1.165) is 11.1 Å². The van der Waals surface area contributed by atoms with Crippen molar-refractivity contribution in [3.05, 3.63) is 48.1 Å². The minimum Gasteiger partial charge on any atom is -0.494 e. The molecule has 0 unspecified atom stereocenters. The number of ether oxygens (including phenoxy) is 1. The lowest BCUT2D eigenvalue weighted by atomic mass is 10.1. The maximum atomic E-state index is 6.36. The highest BCUT2D eigenvalue weighted by Crippen LogP contribution is 2.28. The van der Waals surface area contributed by atoms with Gasteiger partial charge in [0, 0.05) is 30.9 Å². The van der Waals surface area contributed by atoms with Crippen LogP contribution in [0.2, 0.25) is 0 Å². The molecule has 5 N–H and O–H groups in total. The number of hydrogen-bond acceptors (Lipinski definition) is 8. The predicted octanol–water partition coefficient (Wildman–Crippen LogP) is 2.09. The molecule has 2 heterocycles. The topological polar surface area (TPSA) is 120 Å². The summed E-state index contributed by atoms with van der Waals surface area (Å²) in [5.41, 5.74) is 9.04. The van der Waals surface area contributed by atoms with Crippen LogP contribution in [-0.2, 0) is 6.54 Å². The SMILES string of the molecule is CNc1nc(/C(N)=C/N(N)Cc2ccnn2C(C)C)c2cccc(OC)c2n1. The summed E-state index contributed by atoms with van der Waals surface area (Å²) in [5.74, 6) is 7.29. The maximum Gasteiger partial charge on any atom is 0.223 e. The highest BCUT2D eigenvalue weighted by atomic mass is 16.5. The minimum absolute atomic E-state index is 0.246. The molecule has 9 nitrogen and oxygen atoms in total. The van der Waals surface area contributed by atoms with Crippen molar-refractivity contribution in [2.24, 2.45) is 11.6 Å². The summed E-state index contributed by atoms with van der Waals surface area (Å²) in [4.78, 5) is 9.01. The lowest BCUT2D eigenvalue weighted by Crippen LogP contribution is -2.27. The van der Waals surface area contributed by atoms with Gasteiger partial charge in [-0.3, -0.25) is 4.68 Å². The first kappa shape index (κ1) is 19.4. The van der Waals surface area contributed by atoms with Gasteiger partial charge in [-0.1, -0.05) is 12.1 Å². The zero-order valence-electron chi connectivity index (χ0n) is 16.5. The number of nitrogens with one attached hydrogen (secondary N) is 1. The molecular weight excluding hydrogens is 356 g/mol. The Hall–Kier alpha value is -3.33. The monoisotopic (exact) mass is 382 g/mol. The van der Waals surface area contributed by atoms with E-state index >= 15 is 0 Å². The van der Waals surface area contributed by atoms with Gasteiger partial charge in [0.1, 0.15) is 17.0 Å². The zero-order valence-corrected chi connectivity index (χ0v) is 16.5. The van der Waals surface area contributed by atoms with Crippen molar-refractivity contribution in [1.82, 2.24) is 24.8 Å². The Morgan fingerprint density at radius 3 is 2.79 bits per heavy atom. The van der Waals surface area contributed by atoms with Gasteiger partial charge in [0.05, 0.1) is 25.0 Å². The molecule has 0 aliphatic heterocycles. The smallest absolute Gasteiger partial charge is 0.223 e. The number of fused-ring (bicyclic) bond motifs is 1. The normalized spacial score (nSPS) is 11.9. The first-order chi connectivity index (χ1) is 13.4. The predicted molar refractivity (Wildman–Crippen MR) is 110 cm³/mol. The summed E-state index contributed by atoms with van der Waals surface area (Å²) in [5, 5.41) is 9.60. The van der Waals surface area contributed by atoms with Crippen LogP contribution in [-0.4, -0.2) is 38.9 Å². The van der Waals surface area contributed by atoms with Crippen LogP contribution in [0.1, 0.15) is 31.3 Å². The van der Waals surface area contributed by atoms with E-state index in [-0.39, 0.29) is 6.04 Å². The molecule has 0 fully saturated rings. The molecule has 0 radical (unpaired) electrons. The Morgan fingerprint density at radius 1 is 1.32 bits per heavy atom. The van der Waals surface area contributed by atoms with Gasteiger partial charge in [0.2, 0.25) is 5.95 Å². The average molecular weight is 382 g/mol. The maximum absolute atomic E-state index is 6.36. The molecule has 0 spiro atoms. The molecule has 9 heteroatoms. The van der Waals surface area contributed by atoms with Crippen molar-refractivity contribution in [3.63, 3.8) is 0 Å². The number of nitrogens with zero attached hydrogens (tertiary/aromatic N) is 5. The number of hydrazine groups is 1. The molecule has 0 saturated heterocycles. The van der Waals surface area contributed by atoms with Gasteiger partial charge in [0.15, 0.2) is 0 Å². The molecule has 0 aliphatic carbocycles. The number of para-hydroxylation sites is 1. The zero-order chi connectivity index (χ0) is 20.3. The molecule has 3 aromatic rings. The van der Waals surface area contributed by atoms with Crippen molar-refractivity contribution in [2.45, 2.75) is 26.4 Å². The minimum atomic E-state index is 0.246. The third kappa shape index (κ3) is 3.84. The van der Waals surface area contributed by atoms with Gasteiger partial charge in [0.25, 0.3) is 0 Å². The number of hydrogen-bond donors (Lipinski definition) is 3. The summed E-state index contributed by atoms with van der Waals surface area (Å²) in [6, 6.07) is 7.81. The van der Waals surface area contributed by atoms with Crippen molar-refractivity contribution in [1.29, 1.82) is 0 Å². The van der Waals surface area contributed by atoms with Crippen molar-refractivity contribution in [2.75, 3.05) is 19.5 Å². The van der Waals surface area contributed by atoms with Crippen LogP contribution in [0, 0.1) is 0 Å². The van der Waals surface area contributed by atoms with Gasteiger partial charge in [-0.2, -0.15) is 5.10 Å².